The van der Waals surface area contributed by atoms with Gasteiger partial charge in [0.05, 0.1) is 0 Å². The number of carbonyl (C=O) groups is 3. The Labute approximate surface area is 92.0 Å². The fraction of sp³-hybridized carbons (Fsp3) is 0.444. The van der Waals surface area contributed by atoms with Crippen LogP contribution < -0.4 is 0 Å². The van der Waals surface area contributed by atoms with Gasteiger partial charge in [-0.3, -0.25) is 0 Å². The summed E-state index contributed by atoms with van der Waals surface area (Å²) in [5, 5.41) is 24.1. The van der Waals surface area contributed by atoms with Crippen molar-refractivity contribution in [3.8, 4) is 0 Å². The van der Waals surface area contributed by atoms with Gasteiger partial charge in [-0.05, 0) is 6.42 Å². The molecule has 0 aromatic carbocycles. The van der Waals surface area contributed by atoms with Gasteiger partial charge in [-0.2, -0.15) is 0 Å². The Morgan fingerprint density at radius 2 is 1.75 bits per heavy atom. The molecular weight excluding hydrogens is 220 g/mol. The Bertz CT molecular complexity index is 259. The van der Waals surface area contributed by atoms with E-state index in [-0.39, 0.29) is 6.42 Å². The van der Waals surface area contributed by atoms with Gasteiger partial charge >= 0.3 is 17.9 Å². The molecule has 7 nitrogen and oxygen atoms in total. The Balaban J connectivity index is 0. The first-order valence-corrected chi connectivity index (χ1v) is 4.26. The average Bonchev–Trinajstić information content (AvgIpc) is 2.18. The quantitative estimate of drug-likeness (QED) is 0.561. The highest BCUT2D eigenvalue weighted by atomic mass is 16.5. The van der Waals surface area contributed by atoms with E-state index in [2.05, 4.69) is 11.3 Å². The lowest BCUT2D eigenvalue weighted by molar-refractivity contribution is -0.156. The van der Waals surface area contributed by atoms with Crippen LogP contribution in [0.2, 0.25) is 0 Å². The van der Waals surface area contributed by atoms with Gasteiger partial charge in [0.1, 0.15) is 6.61 Å². The molecule has 0 radical (unpaired) electrons. The second-order valence-corrected chi connectivity index (χ2v) is 2.48. The van der Waals surface area contributed by atoms with Gasteiger partial charge in [0, 0.05) is 6.08 Å². The van der Waals surface area contributed by atoms with Crippen molar-refractivity contribution in [2.24, 2.45) is 0 Å². The highest BCUT2D eigenvalue weighted by molar-refractivity contribution is 5.78. The van der Waals surface area contributed by atoms with Gasteiger partial charge in [0.2, 0.25) is 0 Å². The number of hydrogen-bond donors (Lipinski definition) is 3. The van der Waals surface area contributed by atoms with Crippen LogP contribution >= 0.6 is 0 Å². The van der Waals surface area contributed by atoms with Crippen LogP contribution in [0.4, 0.5) is 0 Å². The maximum Gasteiger partial charge on any atom is 0.332 e. The van der Waals surface area contributed by atoms with Gasteiger partial charge in [-0.25, -0.2) is 14.4 Å². The topological polar surface area (TPSA) is 121 Å². The van der Waals surface area contributed by atoms with E-state index in [0.29, 0.717) is 0 Å². The van der Waals surface area contributed by atoms with Crippen LogP contribution in [0.5, 0.6) is 0 Å². The number of hydrogen-bond acceptors (Lipinski definition) is 4. The third-order valence-electron chi connectivity index (χ3n) is 1.23. The molecule has 0 saturated heterocycles. The summed E-state index contributed by atoms with van der Waals surface area (Å²) in [6.07, 6.45) is 0.0916. The Kier molecular flexibility index (Phi) is 9.98. The molecule has 3 N–H and O–H groups in total. The number of carboxylic acid groups (broad SMARTS) is 3. The molecule has 0 amide bonds. The van der Waals surface area contributed by atoms with E-state index in [0.717, 1.165) is 6.08 Å². The van der Waals surface area contributed by atoms with Crippen LogP contribution in [-0.4, -0.2) is 45.9 Å². The minimum atomic E-state index is -1.16. The first-order valence-electron chi connectivity index (χ1n) is 4.26. The smallest absolute Gasteiger partial charge is 0.332 e. The first-order chi connectivity index (χ1) is 7.34. The fourth-order valence-corrected chi connectivity index (χ4v) is 0.536. The molecule has 1 atom stereocenters. The molecule has 7 heteroatoms. The summed E-state index contributed by atoms with van der Waals surface area (Å²) >= 11 is 0. The highest BCUT2D eigenvalue weighted by Crippen LogP contribution is 1.96. The lowest BCUT2D eigenvalue weighted by Crippen LogP contribution is -2.25. The van der Waals surface area contributed by atoms with Gasteiger partial charge in [0.15, 0.2) is 6.10 Å². The molecule has 0 aromatic rings. The lowest BCUT2D eigenvalue weighted by atomic mass is 10.3. The minimum absolute atomic E-state index is 0.266. The monoisotopic (exact) mass is 234 g/mol. The molecule has 0 saturated carbocycles. The molecule has 0 aliphatic heterocycles. The van der Waals surface area contributed by atoms with Crippen molar-refractivity contribution in [1.82, 2.24) is 0 Å². The van der Waals surface area contributed by atoms with Crippen molar-refractivity contribution >= 4 is 17.9 Å². The SMILES string of the molecule is C=CC(=O)O.CCC(OCC(=O)O)C(=O)O. The van der Waals surface area contributed by atoms with Crippen molar-refractivity contribution in [3.05, 3.63) is 12.7 Å². The second-order valence-electron chi connectivity index (χ2n) is 2.48. The van der Waals surface area contributed by atoms with Gasteiger partial charge < -0.3 is 20.1 Å². The van der Waals surface area contributed by atoms with E-state index < -0.39 is 30.6 Å². The lowest BCUT2D eigenvalue weighted by Gasteiger charge is -2.07. The summed E-state index contributed by atoms with van der Waals surface area (Å²) in [6.45, 7) is 4.01. The largest absolute Gasteiger partial charge is 0.480 e. The van der Waals surface area contributed by atoms with Gasteiger partial charge in [-0.15, -0.1) is 0 Å². The molecule has 16 heavy (non-hydrogen) atoms. The van der Waals surface area contributed by atoms with E-state index in [1.54, 1.807) is 6.92 Å². The number of rotatable bonds is 6. The molecule has 0 bridgehead atoms. The molecule has 0 heterocycles. The third-order valence-corrected chi connectivity index (χ3v) is 1.23. The fourth-order valence-electron chi connectivity index (χ4n) is 0.536. The second kappa shape index (κ2) is 9.66. The molecule has 0 aliphatic rings. The van der Waals surface area contributed by atoms with E-state index in [1.165, 1.54) is 0 Å². The maximum absolute atomic E-state index is 10.2. The number of carboxylic acids is 3. The Morgan fingerprint density at radius 3 is 1.94 bits per heavy atom. The predicted octanol–water partition coefficient (Wildman–Crippen LogP) is 0.208. The summed E-state index contributed by atoms with van der Waals surface area (Å²) in [5.41, 5.74) is 0. The van der Waals surface area contributed by atoms with Crippen molar-refractivity contribution in [2.75, 3.05) is 6.61 Å². The number of aliphatic carboxylic acids is 3. The Hall–Kier alpha value is -1.89. The Morgan fingerprint density at radius 1 is 1.31 bits per heavy atom. The minimum Gasteiger partial charge on any atom is -0.480 e. The molecule has 0 fully saturated rings. The van der Waals surface area contributed by atoms with Gasteiger partial charge in [0.25, 0.3) is 0 Å². The zero-order valence-corrected chi connectivity index (χ0v) is 8.75. The molecule has 1 unspecified atom stereocenters. The zero-order valence-electron chi connectivity index (χ0n) is 8.75. The normalized spacial score (nSPS) is 10.6. The predicted molar refractivity (Wildman–Crippen MR) is 53.1 cm³/mol. The molecule has 0 rings (SSSR count). The van der Waals surface area contributed by atoms with E-state index >= 15 is 0 Å². The van der Waals surface area contributed by atoms with Crippen molar-refractivity contribution in [3.63, 3.8) is 0 Å². The summed E-state index contributed by atoms with van der Waals surface area (Å²) < 4.78 is 4.52. The molecule has 0 aliphatic carbocycles. The van der Waals surface area contributed by atoms with E-state index in [1.807, 2.05) is 0 Å². The standard InChI is InChI=1S/C6H10O5.C3H4O2/c1-2-4(6(9)10)11-3-5(7)8;1-2-3(4)5/h4H,2-3H2,1H3,(H,7,8)(H,9,10);2H,1H2,(H,4,5). The molecule has 92 valence electrons. The van der Waals surface area contributed by atoms with Crippen LogP contribution in [0.15, 0.2) is 12.7 Å². The summed E-state index contributed by atoms with van der Waals surface area (Å²) in [4.78, 5) is 29.4. The van der Waals surface area contributed by atoms with E-state index in [4.69, 9.17) is 15.3 Å². The molecular formula is C9H14O7. The summed E-state index contributed by atoms with van der Waals surface area (Å²) in [5.74, 6) is -3.27. The van der Waals surface area contributed by atoms with Crippen LogP contribution in [0, 0.1) is 0 Å². The van der Waals surface area contributed by atoms with Crippen molar-refractivity contribution in [1.29, 1.82) is 0 Å². The van der Waals surface area contributed by atoms with Crippen LogP contribution in [0.1, 0.15) is 13.3 Å². The molecule has 0 spiro atoms. The average molecular weight is 234 g/mol. The third kappa shape index (κ3) is 12.1. The summed E-state index contributed by atoms with van der Waals surface area (Å²) in [6, 6.07) is 0. The van der Waals surface area contributed by atoms with Crippen LogP contribution in [-0.2, 0) is 19.1 Å². The van der Waals surface area contributed by atoms with Crippen molar-refractivity contribution < 1.29 is 34.4 Å². The van der Waals surface area contributed by atoms with Gasteiger partial charge in [-0.1, -0.05) is 13.5 Å². The van der Waals surface area contributed by atoms with Crippen LogP contribution in [0.3, 0.4) is 0 Å². The maximum atomic E-state index is 10.2. The van der Waals surface area contributed by atoms with Crippen LogP contribution in [0.25, 0.3) is 0 Å². The number of ether oxygens (including phenoxy) is 1. The zero-order chi connectivity index (χ0) is 13.1. The summed E-state index contributed by atoms with van der Waals surface area (Å²) in [7, 11) is 0. The highest BCUT2D eigenvalue weighted by Gasteiger charge is 2.16. The van der Waals surface area contributed by atoms with E-state index in [9.17, 15) is 14.4 Å². The molecule has 0 aromatic heterocycles. The first kappa shape index (κ1) is 16.5. The van der Waals surface area contributed by atoms with Crippen molar-refractivity contribution in [2.45, 2.75) is 19.4 Å².